The lowest BCUT2D eigenvalue weighted by atomic mass is 10.0. The first-order valence-corrected chi connectivity index (χ1v) is 10.8. The van der Waals surface area contributed by atoms with E-state index in [0.29, 0.717) is 11.5 Å². The number of carbonyl (C=O) groups excluding carboxylic acids is 1. The normalized spacial score (nSPS) is 10.6. The smallest absolute Gasteiger partial charge is 0.394 e. The summed E-state index contributed by atoms with van der Waals surface area (Å²) in [5.74, 6) is 1.20. The number of ether oxygens (including phenoxy) is 2. The number of carbonyl (C=O) groups is 1. The van der Waals surface area contributed by atoms with Crippen LogP contribution in [0, 0.1) is 0 Å². The lowest BCUT2D eigenvalue weighted by Gasteiger charge is -2.12. The van der Waals surface area contributed by atoms with Gasteiger partial charge in [0.2, 0.25) is 0 Å². The second-order valence-corrected chi connectivity index (χ2v) is 7.29. The van der Waals surface area contributed by atoms with Gasteiger partial charge in [-0.25, -0.2) is 4.79 Å². The van der Waals surface area contributed by atoms with Gasteiger partial charge in [0.25, 0.3) is 0 Å². The molecule has 0 aromatic heterocycles. The van der Waals surface area contributed by atoms with E-state index in [1.54, 1.807) is 0 Å². The Labute approximate surface area is 170 Å². The van der Waals surface area contributed by atoms with E-state index in [0.717, 1.165) is 43.2 Å². The third-order valence-corrected chi connectivity index (χ3v) is 4.93. The van der Waals surface area contributed by atoms with Crippen LogP contribution in [0.1, 0.15) is 76.3 Å². The van der Waals surface area contributed by atoms with E-state index in [4.69, 9.17) is 9.47 Å². The summed E-state index contributed by atoms with van der Waals surface area (Å²) in [6.07, 6.45) is 10.8. The molecule has 2 aromatic carbocycles. The molecule has 0 heterocycles. The number of aryl methyl sites for hydroxylation is 2. The highest BCUT2D eigenvalue weighted by Gasteiger charge is 2.13. The van der Waals surface area contributed by atoms with Crippen LogP contribution in [0.15, 0.2) is 48.5 Å². The zero-order chi connectivity index (χ0) is 20.0. The summed E-state index contributed by atoms with van der Waals surface area (Å²) < 4.78 is 11.1. The van der Waals surface area contributed by atoms with Crippen LogP contribution in [0.3, 0.4) is 0 Å². The fraction of sp³-hybridized carbons (Fsp3) is 0.480. The van der Waals surface area contributed by atoms with Crippen LogP contribution in [-0.2, 0) is 12.8 Å². The lowest BCUT2D eigenvalue weighted by molar-refractivity contribution is 0.151. The Hall–Kier alpha value is -2.29. The molecule has 0 unspecified atom stereocenters. The van der Waals surface area contributed by atoms with Gasteiger partial charge in [-0.15, -0.1) is 0 Å². The maximum absolute atomic E-state index is 12.4. The van der Waals surface area contributed by atoms with E-state index >= 15 is 0 Å². The maximum atomic E-state index is 12.4. The quantitative estimate of drug-likeness (QED) is 0.216. The summed E-state index contributed by atoms with van der Waals surface area (Å²) in [5.41, 5.74) is 2.11. The van der Waals surface area contributed by atoms with Crippen LogP contribution < -0.4 is 9.47 Å². The number of hydrogen-bond acceptors (Lipinski definition) is 3. The molecule has 0 bridgehead atoms. The van der Waals surface area contributed by atoms with Crippen molar-refractivity contribution in [2.75, 3.05) is 0 Å². The maximum Gasteiger partial charge on any atom is 0.519 e. The third kappa shape index (κ3) is 7.75. The summed E-state index contributed by atoms with van der Waals surface area (Å²) in [6, 6.07) is 15.4. The van der Waals surface area contributed by atoms with E-state index in [1.165, 1.54) is 32.1 Å². The van der Waals surface area contributed by atoms with E-state index in [9.17, 15) is 4.79 Å². The fourth-order valence-corrected chi connectivity index (χ4v) is 3.28. The Morgan fingerprint density at radius 3 is 1.68 bits per heavy atom. The molecule has 0 atom stereocenters. The molecule has 0 aliphatic heterocycles. The Balaban J connectivity index is 1.90. The van der Waals surface area contributed by atoms with Gasteiger partial charge in [0.1, 0.15) is 11.5 Å². The monoisotopic (exact) mass is 382 g/mol. The minimum atomic E-state index is -0.667. The van der Waals surface area contributed by atoms with E-state index in [1.807, 2.05) is 48.5 Å². The minimum Gasteiger partial charge on any atom is -0.394 e. The van der Waals surface area contributed by atoms with Crippen LogP contribution in [0.25, 0.3) is 0 Å². The lowest BCUT2D eigenvalue weighted by Crippen LogP contribution is -2.15. The van der Waals surface area contributed by atoms with E-state index < -0.39 is 6.16 Å². The van der Waals surface area contributed by atoms with Crippen molar-refractivity contribution in [3.05, 3.63) is 59.7 Å². The van der Waals surface area contributed by atoms with Gasteiger partial charge in [0, 0.05) is 0 Å². The predicted molar refractivity (Wildman–Crippen MR) is 115 cm³/mol. The molecule has 3 nitrogen and oxygen atoms in total. The van der Waals surface area contributed by atoms with E-state index in [2.05, 4.69) is 13.8 Å². The van der Waals surface area contributed by atoms with Crippen LogP contribution in [0.2, 0.25) is 0 Å². The van der Waals surface area contributed by atoms with Gasteiger partial charge < -0.3 is 9.47 Å². The molecule has 0 radical (unpaired) electrons. The summed E-state index contributed by atoms with van der Waals surface area (Å²) in [4.78, 5) is 12.4. The van der Waals surface area contributed by atoms with Crippen LogP contribution in [0.5, 0.6) is 11.5 Å². The van der Waals surface area contributed by atoms with Crippen molar-refractivity contribution in [2.45, 2.75) is 78.1 Å². The molecule has 28 heavy (non-hydrogen) atoms. The summed E-state index contributed by atoms with van der Waals surface area (Å²) >= 11 is 0. The van der Waals surface area contributed by atoms with Gasteiger partial charge in [-0.2, -0.15) is 0 Å². The van der Waals surface area contributed by atoms with Gasteiger partial charge in [-0.3, -0.25) is 0 Å². The zero-order valence-electron chi connectivity index (χ0n) is 17.4. The fourth-order valence-electron chi connectivity index (χ4n) is 3.28. The molecule has 0 spiro atoms. The van der Waals surface area contributed by atoms with Crippen molar-refractivity contribution in [3.8, 4) is 11.5 Å². The second-order valence-electron chi connectivity index (χ2n) is 7.29. The van der Waals surface area contributed by atoms with Crippen molar-refractivity contribution in [1.29, 1.82) is 0 Å². The Morgan fingerprint density at radius 1 is 0.643 bits per heavy atom. The molecule has 0 saturated carbocycles. The average molecular weight is 383 g/mol. The molecule has 0 N–H and O–H groups in total. The Bertz CT molecular complexity index is 708. The van der Waals surface area contributed by atoms with Crippen molar-refractivity contribution in [3.63, 3.8) is 0 Å². The van der Waals surface area contributed by atoms with E-state index in [-0.39, 0.29) is 0 Å². The number of unbranched alkanes of at least 4 members (excludes halogenated alkanes) is 6. The summed E-state index contributed by atoms with van der Waals surface area (Å²) in [5, 5.41) is 0. The Morgan fingerprint density at radius 2 is 1.11 bits per heavy atom. The van der Waals surface area contributed by atoms with Crippen molar-refractivity contribution in [2.24, 2.45) is 0 Å². The van der Waals surface area contributed by atoms with Crippen molar-refractivity contribution >= 4 is 6.16 Å². The van der Waals surface area contributed by atoms with Crippen LogP contribution >= 0.6 is 0 Å². The number of benzene rings is 2. The number of hydrogen-bond donors (Lipinski definition) is 0. The standard InChI is InChI=1S/C25H34O3/c1-3-5-7-8-9-10-16-22-18-12-14-20-24(22)28-25(26)27-23-19-13-11-17-21(23)15-6-4-2/h11-14,17-20H,3-10,15-16H2,1-2H3. The Kier molecular flexibility index (Phi) is 10.2. The largest absolute Gasteiger partial charge is 0.519 e. The molecule has 0 aliphatic rings. The molecule has 0 fully saturated rings. The highest BCUT2D eigenvalue weighted by Crippen LogP contribution is 2.24. The SMILES string of the molecule is CCCCCCCCc1ccccc1OC(=O)Oc1ccccc1CCCC. The molecule has 3 heteroatoms. The van der Waals surface area contributed by atoms with Crippen LogP contribution in [0.4, 0.5) is 4.79 Å². The van der Waals surface area contributed by atoms with Gasteiger partial charge in [0.15, 0.2) is 0 Å². The molecular formula is C25H34O3. The molecule has 2 aromatic rings. The highest BCUT2D eigenvalue weighted by atomic mass is 16.7. The minimum absolute atomic E-state index is 0.592. The molecule has 0 amide bonds. The molecular weight excluding hydrogens is 348 g/mol. The molecule has 152 valence electrons. The molecule has 2 rings (SSSR count). The molecule has 0 saturated heterocycles. The van der Waals surface area contributed by atoms with Gasteiger partial charge in [0.05, 0.1) is 0 Å². The van der Waals surface area contributed by atoms with Gasteiger partial charge in [-0.05, 0) is 48.9 Å². The molecule has 0 aliphatic carbocycles. The number of rotatable bonds is 12. The first-order valence-electron chi connectivity index (χ1n) is 10.8. The van der Waals surface area contributed by atoms with Gasteiger partial charge >= 0.3 is 6.16 Å². The first kappa shape index (κ1) is 22.0. The highest BCUT2D eigenvalue weighted by molar-refractivity contribution is 5.68. The van der Waals surface area contributed by atoms with Crippen molar-refractivity contribution in [1.82, 2.24) is 0 Å². The summed E-state index contributed by atoms with van der Waals surface area (Å²) in [7, 11) is 0. The zero-order valence-corrected chi connectivity index (χ0v) is 17.4. The predicted octanol–water partition coefficient (Wildman–Crippen LogP) is 7.51. The topological polar surface area (TPSA) is 35.5 Å². The average Bonchev–Trinajstić information content (AvgIpc) is 2.71. The van der Waals surface area contributed by atoms with Crippen molar-refractivity contribution < 1.29 is 14.3 Å². The van der Waals surface area contributed by atoms with Crippen LogP contribution in [-0.4, -0.2) is 6.16 Å². The number of para-hydroxylation sites is 2. The second kappa shape index (κ2) is 13.0. The summed E-state index contributed by atoms with van der Waals surface area (Å²) in [6.45, 7) is 4.38. The third-order valence-electron chi connectivity index (χ3n) is 4.93. The van der Waals surface area contributed by atoms with Gasteiger partial charge in [-0.1, -0.05) is 88.8 Å². The first-order chi connectivity index (χ1) is 13.7.